The Balaban J connectivity index is 1.69. The summed E-state index contributed by atoms with van der Waals surface area (Å²) in [5.41, 5.74) is 0.484. The van der Waals surface area contributed by atoms with Gasteiger partial charge in [-0.05, 0) is 30.7 Å². The monoisotopic (exact) mass is 367 g/mol. The molecule has 1 spiro atoms. The number of nitrogens with one attached hydrogen (secondary N) is 1. The number of hydrogen-bond donors (Lipinski definition) is 1. The number of amides is 2. The number of rotatable bonds is 3. The van der Waals surface area contributed by atoms with E-state index in [1.54, 1.807) is 29.2 Å². The summed E-state index contributed by atoms with van der Waals surface area (Å²) in [7, 11) is -1.88. The lowest BCUT2D eigenvalue weighted by Crippen LogP contribution is -2.54. The van der Waals surface area contributed by atoms with E-state index in [0.717, 1.165) is 10.6 Å². The quantitative estimate of drug-likeness (QED) is 0.799. The maximum Gasteiger partial charge on any atom is 0.253 e. The molecule has 25 heavy (non-hydrogen) atoms. The summed E-state index contributed by atoms with van der Waals surface area (Å²) in [5.74, 6) is -0.271. The van der Waals surface area contributed by atoms with Crippen molar-refractivity contribution >= 4 is 27.5 Å². The number of morpholine rings is 1. The van der Waals surface area contributed by atoms with Gasteiger partial charge < -0.3 is 15.0 Å². The molecule has 8 nitrogen and oxygen atoms in total. The van der Waals surface area contributed by atoms with Crippen LogP contribution in [-0.2, 0) is 19.6 Å². The lowest BCUT2D eigenvalue weighted by Gasteiger charge is -2.33. The van der Waals surface area contributed by atoms with Crippen molar-refractivity contribution in [2.75, 3.05) is 43.8 Å². The maximum atomic E-state index is 12.7. The number of benzene rings is 1. The standard InChI is InChI=1S/C16H21N3O5S/c1-18(25(2,22)23)13-5-3-12(4-6-13)15(21)19-8-7-16(11-19)10-17-14(20)9-24-16/h3-6H,7-11H2,1-2H3,(H,17,20). The average molecular weight is 367 g/mol. The second-order valence-corrected chi connectivity index (χ2v) is 8.52. The normalized spacial score (nSPS) is 23.6. The van der Waals surface area contributed by atoms with Crippen LogP contribution in [0.15, 0.2) is 24.3 Å². The van der Waals surface area contributed by atoms with E-state index < -0.39 is 15.6 Å². The van der Waals surface area contributed by atoms with Crippen LogP contribution in [0.2, 0.25) is 0 Å². The minimum atomic E-state index is -3.34. The Morgan fingerprint density at radius 3 is 2.56 bits per heavy atom. The van der Waals surface area contributed by atoms with Gasteiger partial charge in [-0.25, -0.2) is 8.42 Å². The van der Waals surface area contributed by atoms with Gasteiger partial charge in [-0.15, -0.1) is 0 Å². The van der Waals surface area contributed by atoms with E-state index in [1.165, 1.54) is 7.05 Å². The van der Waals surface area contributed by atoms with E-state index in [2.05, 4.69) is 5.32 Å². The number of carbonyl (C=O) groups excluding carboxylic acids is 2. The molecule has 1 aromatic rings. The number of sulfonamides is 1. The number of ether oxygens (including phenoxy) is 1. The van der Waals surface area contributed by atoms with Gasteiger partial charge in [0, 0.05) is 25.7 Å². The molecule has 1 aromatic carbocycles. The summed E-state index contributed by atoms with van der Waals surface area (Å²) in [5, 5.41) is 2.78. The van der Waals surface area contributed by atoms with Gasteiger partial charge in [0.05, 0.1) is 18.5 Å². The molecule has 2 saturated heterocycles. The summed E-state index contributed by atoms with van der Waals surface area (Å²) in [6, 6.07) is 6.45. The van der Waals surface area contributed by atoms with Crippen molar-refractivity contribution < 1.29 is 22.7 Å². The Labute approximate surface area is 146 Å². The Morgan fingerprint density at radius 2 is 2.00 bits per heavy atom. The summed E-state index contributed by atoms with van der Waals surface area (Å²) in [4.78, 5) is 25.6. The highest BCUT2D eigenvalue weighted by Crippen LogP contribution is 2.28. The zero-order chi connectivity index (χ0) is 18.2. The Morgan fingerprint density at radius 1 is 1.32 bits per heavy atom. The van der Waals surface area contributed by atoms with Crippen LogP contribution >= 0.6 is 0 Å². The highest BCUT2D eigenvalue weighted by molar-refractivity contribution is 7.92. The third-order valence-electron chi connectivity index (χ3n) is 4.70. The highest BCUT2D eigenvalue weighted by Gasteiger charge is 2.43. The minimum absolute atomic E-state index is 0.0224. The van der Waals surface area contributed by atoms with Crippen LogP contribution < -0.4 is 9.62 Å². The number of nitrogens with zero attached hydrogens (tertiary/aromatic N) is 2. The van der Waals surface area contributed by atoms with E-state index in [9.17, 15) is 18.0 Å². The fourth-order valence-corrected chi connectivity index (χ4v) is 3.55. The molecule has 0 bridgehead atoms. The van der Waals surface area contributed by atoms with E-state index in [1.807, 2.05) is 0 Å². The second-order valence-electron chi connectivity index (χ2n) is 6.50. The molecule has 0 aromatic heterocycles. The van der Waals surface area contributed by atoms with Gasteiger partial charge in [0.1, 0.15) is 12.2 Å². The SMILES string of the molecule is CN(c1ccc(C(=O)N2CCC3(CNC(=O)CO3)C2)cc1)S(C)(=O)=O. The molecule has 9 heteroatoms. The molecule has 2 aliphatic rings. The lowest BCUT2D eigenvalue weighted by atomic mass is 10.0. The largest absolute Gasteiger partial charge is 0.361 e. The number of carbonyl (C=O) groups is 2. The molecular weight excluding hydrogens is 346 g/mol. The van der Waals surface area contributed by atoms with Gasteiger partial charge in [-0.2, -0.15) is 0 Å². The summed E-state index contributed by atoms with van der Waals surface area (Å²) >= 11 is 0. The zero-order valence-electron chi connectivity index (χ0n) is 14.2. The number of anilines is 1. The number of likely N-dealkylation sites (tertiary alicyclic amines) is 1. The molecule has 136 valence electrons. The second kappa shape index (κ2) is 6.30. The zero-order valence-corrected chi connectivity index (χ0v) is 15.0. The predicted molar refractivity (Wildman–Crippen MR) is 91.9 cm³/mol. The van der Waals surface area contributed by atoms with Gasteiger partial charge in [-0.3, -0.25) is 13.9 Å². The van der Waals surface area contributed by atoms with Crippen LogP contribution in [-0.4, -0.2) is 70.3 Å². The highest BCUT2D eigenvalue weighted by atomic mass is 32.2. The van der Waals surface area contributed by atoms with E-state index in [-0.39, 0.29) is 18.4 Å². The molecule has 3 rings (SSSR count). The van der Waals surface area contributed by atoms with Crippen LogP contribution in [0.4, 0.5) is 5.69 Å². The van der Waals surface area contributed by atoms with Gasteiger partial charge in [0.15, 0.2) is 0 Å². The van der Waals surface area contributed by atoms with Crippen molar-refractivity contribution in [3.8, 4) is 0 Å². The average Bonchev–Trinajstić information content (AvgIpc) is 3.00. The molecule has 2 aliphatic heterocycles. The van der Waals surface area contributed by atoms with Crippen molar-refractivity contribution in [3.63, 3.8) is 0 Å². The molecule has 2 fully saturated rings. The molecule has 0 aliphatic carbocycles. The van der Waals surface area contributed by atoms with Gasteiger partial charge >= 0.3 is 0 Å². The van der Waals surface area contributed by atoms with Crippen LogP contribution in [0, 0.1) is 0 Å². The minimum Gasteiger partial charge on any atom is -0.361 e. The summed E-state index contributed by atoms with van der Waals surface area (Å²) < 4.78 is 29.9. The van der Waals surface area contributed by atoms with Gasteiger partial charge in [-0.1, -0.05) is 0 Å². The first-order chi connectivity index (χ1) is 11.7. The van der Waals surface area contributed by atoms with Crippen molar-refractivity contribution in [2.24, 2.45) is 0 Å². The van der Waals surface area contributed by atoms with Crippen LogP contribution in [0.25, 0.3) is 0 Å². The van der Waals surface area contributed by atoms with Crippen molar-refractivity contribution in [3.05, 3.63) is 29.8 Å². The topological polar surface area (TPSA) is 96.0 Å². The molecule has 0 radical (unpaired) electrons. The van der Waals surface area contributed by atoms with Crippen molar-refractivity contribution in [1.29, 1.82) is 0 Å². The van der Waals surface area contributed by atoms with Crippen LogP contribution in [0.3, 0.4) is 0 Å². The summed E-state index contributed by atoms with van der Waals surface area (Å²) in [6.45, 7) is 1.42. The van der Waals surface area contributed by atoms with E-state index in [4.69, 9.17) is 4.74 Å². The first-order valence-electron chi connectivity index (χ1n) is 7.94. The molecule has 0 saturated carbocycles. The number of hydrogen-bond acceptors (Lipinski definition) is 5. The fraction of sp³-hybridized carbons (Fsp3) is 0.500. The van der Waals surface area contributed by atoms with Crippen LogP contribution in [0.5, 0.6) is 0 Å². The van der Waals surface area contributed by atoms with Crippen molar-refractivity contribution in [2.45, 2.75) is 12.0 Å². The molecule has 1 atom stereocenters. The maximum absolute atomic E-state index is 12.7. The Bertz CT molecular complexity index is 780. The predicted octanol–water partition coefficient (Wildman–Crippen LogP) is -0.186. The van der Waals surface area contributed by atoms with Crippen LogP contribution in [0.1, 0.15) is 16.8 Å². The molecule has 1 N–H and O–H groups in total. The first-order valence-corrected chi connectivity index (χ1v) is 9.79. The van der Waals surface area contributed by atoms with Gasteiger partial charge in [0.25, 0.3) is 5.91 Å². The summed E-state index contributed by atoms with van der Waals surface area (Å²) in [6.07, 6.45) is 1.80. The smallest absolute Gasteiger partial charge is 0.253 e. The van der Waals surface area contributed by atoms with Gasteiger partial charge in [0.2, 0.25) is 15.9 Å². The van der Waals surface area contributed by atoms with E-state index in [0.29, 0.717) is 37.3 Å². The fourth-order valence-electron chi connectivity index (χ4n) is 3.05. The molecular formula is C16H21N3O5S. The Hall–Kier alpha value is -2.13. The third-order valence-corrected chi connectivity index (χ3v) is 5.90. The Kier molecular flexibility index (Phi) is 4.46. The lowest BCUT2D eigenvalue weighted by molar-refractivity contribution is -0.141. The molecule has 2 heterocycles. The molecule has 2 amide bonds. The van der Waals surface area contributed by atoms with Crippen molar-refractivity contribution in [1.82, 2.24) is 10.2 Å². The first kappa shape index (κ1) is 17.7. The third kappa shape index (κ3) is 3.62. The van der Waals surface area contributed by atoms with E-state index >= 15 is 0 Å². The molecule has 1 unspecified atom stereocenters.